The van der Waals surface area contributed by atoms with Crippen LogP contribution in [0.1, 0.15) is 27.7 Å². The van der Waals surface area contributed by atoms with Crippen LogP contribution < -0.4 is 16.0 Å². The van der Waals surface area contributed by atoms with Crippen molar-refractivity contribution in [2.75, 3.05) is 22.5 Å². The van der Waals surface area contributed by atoms with Gasteiger partial charge < -0.3 is 16.0 Å². The zero-order chi connectivity index (χ0) is 11.9. The third-order valence-corrected chi connectivity index (χ3v) is 3.20. The first kappa shape index (κ1) is 11.1. The van der Waals surface area contributed by atoms with E-state index >= 15 is 0 Å². The molecule has 1 heterocycles. The zero-order valence-electron chi connectivity index (χ0n) is 10.5. The molecule has 3 nitrogen and oxygen atoms in total. The van der Waals surface area contributed by atoms with Gasteiger partial charge in [0.05, 0.1) is 22.6 Å². The van der Waals surface area contributed by atoms with Crippen molar-refractivity contribution in [3.05, 3.63) is 18.2 Å². The van der Waals surface area contributed by atoms with E-state index in [0.717, 1.165) is 17.9 Å². The number of anilines is 3. The molecule has 0 aliphatic carbocycles. The second-order valence-electron chi connectivity index (χ2n) is 5.37. The SMILES string of the molecule is CC(C)N1c2cccc(N)c2NCC1(C)C. The maximum absolute atomic E-state index is 6.00. The van der Waals surface area contributed by atoms with E-state index in [9.17, 15) is 0 Å². The zero-order valence-corrected chi connectivity index (χ0v) is 10.5. The fraction of sp³-hybridized carbons (Fsp3) is 0.538. The lowest BCUT2D eigenvalue weighted by atomic mass is 9.95. The van der Waals surface area contributed by atoms with Crippen molar-refractivity contribution in [1.29, 1.82) is 0 Å². The molecule has 1 aromatic rings. The minimum absolute atomic E-state index is 0.120. The van der Waals surface area contributed by atoms with Gasteiger partial charge in [-0.15, -0.1) is 0 Å². The van der Waals surface area contributed by atoms with E-state index < -0.39 is 0 Å². The van der Waals surface area contributed by atoms with Gasteiger partial charge in [0.15, 0.2) is 0 Å². The molecule has 1 aliphatic rings. The van der Waals surface area contributed by atoms with Gasteiger partial charge in [0.1, 0.15) is 0 Å². The summed E-state index contributed by atoms with van der Waals surface area (Å²) in [6, 6.07) is 6.58. The summed E-state index contributed by atoms with van der Waals surface area (Å²) in [5.41, 5.74) is 9.25. The summed E-state index contributed by atoms with van der Waals surface area (Å²) in [5, 5.41) is 3.44. The average Bonchev–Trinajstić information content (AvgIpc) is 2.15. The Morgan fingerprint density at radius 3 is 2.69 bits per heavy atom. The molecule has 1 aliphatic heterocycles. The van der Waals surface area contributed by atoms with Gasteiger partial charge in [0.2, 0.25) is 0 Å². The number of nitrogens with one attached hydrogen (secondary N) is 1. The van der Waals surface area contributed by atoms with E-state index in [1.165, 1.54) is 5.69 Å². The van der Waals surface area contributed by atoms with Gasteiger partial charge in [-0.05, 0) is 39.8 Å². The first-order valence-corrected chi connectivity index (χ1v) is 5.85. The molecule has 0 saturated carbocycles. The molecule has 0 saturated heterocycles. The Bertz CT molecular complexity index is 396. The van der Waals surface area contributed by atoms with Crippen LogP contribution in [0.15, 0.2) is 18.2 Å². The van der Waals surface area contributed by atoms with Gasteiger partial charge in [-0.3, -0.25) is 0 Å². The third kappa shape index (κ3) is 1.60. The van der Waals surface area contributed by atoms with E-state index in [1.54, 1.807) is 0 Å². The average molecular weight is 219 g/mol. The topological polar surface area (TPSA) is 41.3 Å². The molecule has 0 bridgehead atoms. The fourth-order valence-electron chi connectivity index (χ4n) is 2.64. The summed E-state index contributed by atoms with van der Waals surface area (Å²) in [5.74, 6) is 0. The number of rotatable bonds is 1. The van der Waals surface area contributed by atoms with Gasteiger partial charge in [-0.25, -0.2) is 0 Å². The highest BCUT2D eigenvalue weighted by Gasteiger charge is 2.34. The van der Waals surface area contributed by atoms with Crippen LogP contribution in [0.4, 0.5) is 17.1 Å². The summed E-state index contributed by atoms with van der Waals surface area (Å²) < 4.78 is 0. The van der Waals surface area contributed by atoms with Crippen molar-refractivity contribution >= 4 is 17.1 Å². The van der Waals surface area contributed by atoms with Gasteiger partial charge in [0, 0.05) is 12.6 Å². The molecule has 0 atom stereocenters. The van der Waals surface area contributed by atoms with Crippen LogP contribution in [0.5, 0.6) is 0 Å². The van der Waals surface area contributed by atoms with E-state index in [4.69, 9.17) is 5.73 Å². The normalized spacial score (nSPS) is 18.2. The molecule has 0 amide bonds. The molecule has 3 heteroatoms. The molecule has 1 aromatic carbocycles. The van der Waals surface area contributed by atoms with Crippen LogP contribution in [0.2, 0.25) is 0 Å². The summed E-state index contributed by atoms with van der Waals surface area (Å²) in [4.78, 5) is 2.44. The summed E-state index contributed by atoms with van der Waals surface area (Å²) in [7, 11) is 0. The highest BCUT2D eigenvalue weighted by Crippen LogP contribution is 2.40. The minimum atomic E-state index is 0.120. The lowest BCUT2D eigenvalue weighted by Gasteiger charge is -2.48. The molecule has 16 heavy (non-hydrogen) atoms. The highest BCUT2D eigenvalue weighted by atomic mass is 15.3. The van der Waals surface area contributed by atoms with E-state index in [0.29, 0.717) is 6.04 Å². The lowest BCUT2D eigenvalue weighted by molar-refractivity contribution is 0.439. The fourth-order valence-corrected chi connectivity index (χ4v) is 2.64. The predicted molar refractivity (Wildman–Crippen MR) is 71.0 cm³/mol. The number of benzene rings is 1. The van der Waals surface area contributed by atoms with Crippen molar-refractivity contribution in [1.82, 2.24) is 0 Å². The van der Waals surface area contributed by atoms with Crippen LogP contribution in [-0.2, 0) is 0 Å². The standard InChI is InChI=1S/C13H21N3/c1-9(2)16-11-7-5-6-10(14)12(11)15-8-13(16,3)4/h5-7,9,15H,8,14H2,1-4H3. The minimum Gasteiger partial charge on any atom is -0.397 e. The van der Waals surface area contributed by atoms with Crippen molar-refractivity contribution in [3.63, 3.8) is 0 Å². The smallest absolute Gasteiger partial charge is 0.0812 e. The van der Waals surface area contributed by atoms with Crippen molar-refractivity contribution in [3.8, 4) is 0 Å². The molecule has 0 unspecified atom stereocenters. The van der Waals surface area contributed by atoms with E-state index in [1.807, 2.05) is 12.1 Å². The first-order chi connectivity index (χ1) is 7.43. The maximum atomic E-state index is 6.00. The second-order valence-corrected chi connectivity index (χ2v) is 5.37. The number of para-hydroxylation sites is 1. The van der Waals surface area contributed by atoms with Crippen LogP contribution in [-0.4, -0.2) is 18.1 Å². The Hall–Kier alpha value is -1.38. The first-order valence-electron chi connectivity index (χ1n) is 5.85. The summed E-state index contributed by atoms with van der Waals surface area (Å²) in [6.45, 7) is 9.88. The molecule has 88 valence electrons. The number of fused-ring (bicyclic) bond motifs is 1. The molecule has 0 aromatic heterocycles. The molecule has 2 rings (SSSR count). The van der Waals surface area contributed by atoms with Crippen LogP contribution in [0.3, 0.4) is 0 Å². The molecular formula is C13H21N3. The quantitative estimate of drug-likeness (QED) is 0.713. The van der Waals surface area contributed by atoms with Crippen molar-refractivity contribution < 1.29 is 0 Å². The molecule has 0 fully saturated rings. The Labute approximate surface area is 97.6 Å². The largest absolute Gasteiger partial charge is 0.397 e. The third-order valence-electron chi connectivity index (χ3n) is 3.20. The van der Waals surface area contributed by atoms with Gasteiger partial charge in [0.25, 0.3) is 0 Å². The van der Waals surface area contributed by atoms with E-state index in [2.05, 4.69) is 44.0 Å². The number of nitrogens with zero attached hydrogens (tertiary/aromatic N) is 1. The molecule has 3 N–H and O–H groups in total. The van der Waals surface area contributed by atoms with Gasteiger partial charge >= 0.3 is 0 Å². The molecular weight excluding hydrogens is 198 g/mol. The Morgan fingerprint density at radius 1 is 1.38 bits per heavy atom. The van der Waals surface area contributed by atoms with Crippen LogP contribution >= 0.6 is 0 Å². The Balaban J connectivity index is 2.54. The van der Waals surface area contributed by atoms with Crippen LogP contribution in [0.25, 0.3) is 0 Å². The highest BCUT2D eigenvalue weighted by molar-refractivity contribution is 5.84. The number of hydrogen-bond acceptors (Lipinski definition) is 3. The molecule has 0 spiro atoms. The van der Waals surface area contributed by atoms with Crippen molar-refractivity contribution in [2.45, 2.75) is 39.3 Å². The Morgan fingerprint density at radius 2 is 2.06 bits per heavy atom. The summed E-state index contributed by atoms with van der Waals surface area (Å²) in [6.07, 6.45) is 0. The maximum Gasteiger partial charge on any atom is 0.0812 e. The lowest BCUT2D eigenvalue weighted by Crippen LogP contribution is -2.55. The van der Waals surface area contributed by atoms with Gasteiger partial charge in [-0.1, -0.05) is 6.07 Å². The molecule has 0 radical (unpaired) electrons. The van der Waals surface area contributed by atoms with E-state index in [-0.39, 0.29) is 5.54 Å². The van der Waals surface area contributed by atoms with Gasteiger partial charge in [-0.2, -0.15) is 0 Å². The summed E-state index contributed by atoms with van der Waals surface area (Å²) >= 11 is 0. The number of hydrogen-bond donors (Lipinski definition) is 2. The number of nitrogens with two attached hydrogens (primary N) is 1. The number of nitrogen functional groups attached to an aromatic ring is 1. The second kappa shape index (κ2) is 3.58. The van der Waals surface area contributed by atoms with Crippen molar-refractivity contribution in [2.24, 2.45) is 0 Å². The van der Waals surface area contributed by atoms with Crippen LogP contribution in [0, 0.1) is 0 Å². The monoisotopic (exact) mass is 219 g/mol. The Kier molecular flexibility index (Phi) is 2.49. The predicted octanol–water partition coefficient (Wildman–Crippen LogP) is 2.69.